The van der Waals surface area contributed by atoms with E-state index in [0.29, 0.717) is 12.4 Å². The summed E-state index contributed by atoms with van der Waals surface area (Å²) in [6, 6.07) is 35.6. The maximum Gasteiger partial charge on any atom is 0.129 e. The second kappa shape index (κ2) is 13.2. The molecule has 2 unspecified atom stereocenters. The monoisotopic (exact) mass is 552 g/mol. The molecule has 0 saturated heterocycles. The highest BCUT2D eigenvalue weighted by Gasteiger charge is 2.26. The number of aromatic hydroxyl groups is 1. The van der Waals surface area contributed by atoms with Crippen LogP contribution in [-0.2, 0) is 11.3 Å². The van der Waals surface area contributed by atoms with Crippen LogP contribution in [0.2, 0.25) is 0 Å². The lowest BCUT2D eigenvalue weighted by atomic mass is 9.91. The van der Waals surface area contributed by atoms with E-state index in [4.69, 9.17) is 14.5 Å². The maximum absolute atomic E-state index is 11.2. The Bertz CT molecular complexity index is 1430. The Balaban J connectivity index is 1.46. The topological polar surface area (TPSA) is 81.8 Å². The van der Waals surface area contributed by atoms with E-state index in [0.717, 1.165) is 45.8 Å². The van der Waals surface area contributed by atoms with Crippen LogP contribution in [0.4, 0.5) is 5.69 Å². The number of aryl methyl sites for hydroxylation is 1. The first-order chi connectivity index (χ1) is 19.5. The van der Waals surface area contributed by atoms with Gasteiger partial charge in [0.1, 0.15) is 17.8 Å². The molecule has 0 amide bonds. The normalized spacial score (nSPS) is 17.6. The minimum absolute atomic E-state index is 0.218. The largest absolute Gasteiger partial charge is 0.507 e. The number of hydrogen-bond acceptors (Lipinski definition) is 4. The van der Waals surface area contributed by atoms with Gasteiger partial charge in [-0.15, -0.1) is 0 Å². The summed E-state index contributed by atoms with van der Waals surface area (Å²) in [5.74, 6) is 0.231. The van der Waals surface area contributed by atoms with Crippen molar-refractivity contribution in [2.75, 3.05) is 6.35 Å². The molecule has 0 heterocycles. The Labute approximate surface area is 237 Å². The number of benzene rings is 4. The van der Waals surface area contributed by atoms with Gasteiger partial charge in [0.2, 0.25) is 0 Å². The molecule has 4 aromatic carbocycles. The highest BCUT2D eigenvalue weighted by Crippen LogP contribution is 2.50. The van der Waals surface area contributed by atoms with Crippen LogP contribution in [0.3, 0.4) is 0 Å². The smallest absolute Gasteiger partial charge is 0.129 e. The Morgan fingerprint density at radius 2 is 1.48 bits per heavy atom. The summed E-state index contributed by atoms with van der Waals surface area (Å²) in [5, 5.41) is 13.5. The fourth-order valence-electron chi connectivity index (χ4n) is 5.42. The molecular formula is C34H39N3O2P+. The zero-order valence-electron chi connectivity index (χ0n) is 23.2. The third kappa shape index (κ3) is 6.62. The zero-order chi connectivity index (χ0) is 27.8. The number of phenols is 1. The molecule has 206 valence electrons. The van der Waals surface area contributed by atoms with Crippen molar-refractivity contribution in [2.45, 2.75) is 51.3 Å². The number of phenolic OH excluding ortho intramolecular Hbond substituents is 1. The summed E-state index contributed by atoms with van der Waals surface area (Å²) < 4.78 is 11.9. The molecule has 1 saturated carbocycles. The molecule has 40 heavy (non-hydrogen) atoms. The predicted molar refractivity (Wildman–Crippen MR) is 167 cm³/mol. The van der Waals surface area contributed by atoms with Gasteiger partial charge >= 0.3 is 0 Å². The van der Waals surface area contributed by atoms with Gasteiger partial charge in [-0.3, -0.25) is 9.74 Å². The molecule has 2 atom stereocenters. The van der Waals surface area contributed by atoms with E-state index >= 15 is 0 Å². The molecule has 0 spiro atoms. The van der Waals surface area contributed by atoms with Crippen molar-refractivity contribution in [3.8, 4) is 5.75 Å². The van der Waals surface area contributed by atoms with Crippen molar-refractivity contribution in [3.05, 3.63) is 120 Å². The number of quaternary nitrogens is 1. The minimum atomic E-state index is -2.35. The van der Waals surface area contributed by atoms with Gasteiger partial charge in [0, 0.05) is 23.8 Å². The molecule has 1 fully saturated rings. The van der Waals surface area contributed by atoms with Crippen LogP contribution < -0.4 is 16.3 Å². The molecular weight excluding hydrogens is 513 g/mol. The average molecular weight is 553 g/mol. The van der Waals surface area contributed by atoms with Gasteiger partial charge in [-0.1, -0.05) is 91.3 Å². The molecule has 5 nitrogen and oxygen atoms in total. The van der Waals surface area contributed by atoms with Crippen LogP contribution in [0.5, 0.6) is 5.75 Å². The van der Waals surface area contributed by atoms with Crippen LogP contribution in [-0.4, -0.2) is 29.8 Å². The lowest BCUT2D eigenvalue weighted by Gasteiger charge is -2.26. The molecule has 0 bridgehead atoms. The van der Waals surface area contributed by atoms with Crippen molar-refractivity contribution < 1.29 is 15.6 Å². The van der Waals surface area contributed by atoms with Crippen LogP contribution in [0.25, 0.3) is 0 Å². The highest BCUT2D eigenvalue weighted by atomic mass is 31.2. The van der Waals surface area contributed by atoms with Gasteiger partial charge in [-0.25, -0.2) is 0 Å². The van der Waals surface area contributed by atoms with E-state index in [2.05, 4.69) is 54.3 Å². The van der Waals surface area contributed by atoms with E-state index in [1.54, 1.807) is 0 Å². The summed E-state index contributed by atoms with van der Waals surface area (Å²) >= 11 is 0. The molecule has 5 rings (SSSR count). The summed E-state index contributed by atoms with van der Waals surface area (Å²) in [4.78, 5) is 4.83. The summed E-state index contributed by atoms with van der Waals surface area (Å²) in [6.45, 7) is 2.32. The van der Waals surface area contributed by atoms with Crippen molar-refractivity contribution in [1.82, 2.24) is 0 Å². The van der Waals surface area contributed by atoms with Gasteiger partial charge < -0.3 is 15.6 Å². The minimum Gasteiger partial charge on any atom is -0.507 e. The lowest BCUT2D eigenvalue weighted by molar-refractivity contribution is -0.428. The summed E-state index contributed by atoms with van der Waals surface area (Å²) in [5.41, 5.74) is 7.77. The second-order valence-corrected chi connectivity index (χ2v) is 13.6. The van der Waals surface area contributed by atoms with Crippen molar-refractivity contribution >= 4 is 29.6 Å². The fourth-order valence-corrected chi connectivity index (χ4v) is 8.52. The molecule has 6 heteroatoms. The SMILES string of the molecule is Cc1cc(C=NC2CCCCC2[NH3+])c(O)c(COCP(=Nc2ccccc2)(c2ccccc2)c2ccccc2)c1. The Morgan fingerprint density at radius 3 is 2.10 bits per heavy atom. The molecule has 4 N–H and O–H groups in total. The van der Waals surface area contributed by atoms with E-state index in [9.17, 15) is 5.11 Å². The van der Waals surface area contributed by atoms with Crippen molar-refractivity contribution in [2.24, 2.45) is 9.74 Å². The maximum atomic E-state index is 11.2. The number of nitrogens with zero attached hydrogens (tertiary/aromatic N) is 2. The van der Waals surface area contributed by atoms with Gasteiger partial charge in [-0.05, 0) is 54.1 Å². The highest BCUT2D eigenvalue weighted by molar-refractivity contribution is 7.80. The number of aliphatic imine (C=N–C) groups is 1. The van der Waals surface area contributed by atoms with Crippen molar-refractivity contribution in [3.63, 3.8) is 0 Å². The van der Waals surface area contributed by atoms with Crippen LogP contribution in [0.1, 0.15) is 42.4 Å². The molecule has 0 aliphatic heterocycles. The first-order valence-corrected chi connectivity index (χ1v) is 16.0. The van der Waals surface area contributed by atoms with E-state index < -0.39 is 7.05 Å². The van der Waals surface area contributed by atoms with Gasteiger partial charge in [-0.2, -0.15) is 0 Å². The zero-order valence-corrected chi connectivity index (χ0v) is 24.1. The summed E-state index contributed by atoms with van der Waals surface area (Å²) in [6.07, 6.45) is 6.83. The van der Waals surface area contributed by atoms with Crippen LogP contribution >= 0.6 is 7.05 Å². The Hall–Kier alpha value is -3.50. The predicted octanol–water partition coefficient (Wildman–Crippen LogP) is 6.33. The molecule has 1 aliphatic carbocycles. The summed E-state index contributed by atoms with van der Waals surface area (Å²) in [7, 11) is -2.35. The molecule has 0 aromatic heterocycles. The van der Waals surface area contributed by atoms with Gasteiger partial charge in [0.25, 0.3) is 0 Å². The number of hydrogen-bond donors (Lipinski definition) is 2. The third-order valence-corrected chi connectivity index (χ3v) is 11.0. The van der Waals surface area contributed by atoms with E-state index in [1.165, 1.54) is 12.8 Å². The van der Waals surface area contributed by atoms with Gasteiger partial charge in [0.15, 0.2) is 0 Å². The quantitative estimate of drug-likeness (QED) is 0.188. The molecule has 1 aliphatic rings. The number of rotatable bonds is 9. The Kier molecular flexibility index (Phi) is 9.28. The number of ether oxygens (including phenoxy) is 1. The first-order valence-electron chi connectivity index (χ1n) is 14.1. The molecule has 4 aromatic rings. The second-order valence-electron chi connectivity index (χ2n) is 10.6. The lowest BCUT2D eigenvalue weighted by Crippen LogP contribution is -2.66. The van der Waals surface area contributed by atoms with Crippen LogP contribution in [0, 0.1) is 6.92 Å². The fraction of sp³-hybridized carbons (Fsp3) is 0.265. The average Bonchev–Trinajstić information content (AvgIpc) is 2.99. The van der Waals surface area contributed by atoms with Crippen molar-refractivity contribution in [1.29, 1.82) is 0 Å². The van der Waals surface area contributed by atoms with E-state index in [1.807, 2.05) is 67.7 Å². The van der Waals surface area contributed by atoms with E-state index in [-0.39, 0.29) is 18.4 Å². The standard InChI is InChI=1S/C34H38N3O2P/c1-26-21-27(23-36-33-20-12-11-19-32(33)35)34(38)28(22-26)24-39-25-40(30-15-7-3-8-16-30,31-17-9-4-10-18-31)37-29-13-5-2-6-14-29/h2-10,13-18,21-23,32-33,38H,11-12,19-20,24-25,35H2,1H3/p+1. The molecule has 0 radical (unpaired) electrons. The first kappa shape index (κ1) is 28.0. The van der Waals surface area contributed by atoms with Gasteiger partial charge in [0.05, 0.1) is 25.7 Å². The van der Waals surface area contributed by atoms with Crippen LogP contribution in [0.15, 0.2) is 113 Å². The third-order valence-electron chi connectivity index (χ3n) is 7.58. The Morgan fingerprint density at radius 1 is 0.875 bits per heavy atom.